The normalized spacial score (nSPS) is 11.5. The summed E-state index contributed by atoms with van der Waals surface area (Å²) in [6, 6.07) is 6.44. The Morgan fingerprint density at radius 1 is 1.11 bits per heavy atom. The van der Waals surface area contributed by atoms with Gasteiger partial charge in [0.1, 0.15) is 17.5 Å². The highest BCUT2D eigenvalue weighted by atomic mass is 19.1. The van der Waals surface area contributed by atoms with Crippen LogP contribution in [0.25, 0.3) is 22.6 Å². The van der Waals surface area contributed by atoms with Crippen LogP contribution in [-0.2, 0) is 6.54 Å². The highest BCUT2D eigenvalue weighted by Gasteiger charge is 2.18. The van der Waals surface area contributed by atoms with Crippen molar-refractivity contribution in [3.05, 3.63) is 35.9 Å². The quantitative estimate of drug-likeness (QED) is 0.613. The zero-order valence-corrected chi connectivity index (χ0v) is 16.5. The van der Waals surface area contributed by atoms with Gasteiger partial charge >= 0.3 is 0 Å². The molecule has 1 N–H and O–H groups in total. The van der Waals surface area contributed by atoms with E-state index in [1.165, 1.54) is 12.1 Å². The maximum atomic E-state index is 13.3. The van der Waals surface area contributed by atoms with Crippen LogP contribution in [0.3, 0.4) is 0 Å². The second kappa shape index (κ2) is 8.43. The van der Waals surface area contributed by atoms with Crippen molar-refractivity contribution >= 4 is 17.0 Å². The molecule has 0 fully saturated rings. The molecule has 0 saturated carbocycles. The van der Waals surface area contributed by atoms with Gasteiger partial charge in [-0.25, -0.2) is 19.3 Å². The first-order valence-corrected chi connectivity index (χ1v) is 9.39. The van der Waals surface area contributed by atoms with Gasteiger partial charge in [0.05, 0.1) is 0 Å². The molecule has 0 atom stereocenters. The van der Waals surface area contributed by atoms with Crippen molar-refractivity contribution in [3.8, 4) is 11.4 Å². The Hall–Kier alpha value is -2.54. The van der Waals surface area contributed by atoms with Crippen LogP contribution in [-0.4, -0.2) is 51.6 Å². The minimum absolute atomic E-state index is 0.254. The van der Waals surface area contributed by atoms with Crippen LogP contribution in [0.1, 0.15) is 25.6 Å². The summed E-state index contributed by atoms with van der Waals surface area (Å²) in [4.78, 5) is 16.2. The average Bonchev–Trinajstić information content (AvgIpc) is 2.98. The van der Waals surface area contributed by atoms with Crippen LogP contribution < -0.4 is 5.32 Å². The third-order valence-electron chi connectivity index (χ3n) is 4.33. The molecule has 0 aliphatic carbocycles. The average molecular weight is 370 g/mol. The number of fused-ring (bicyclic) bond motifs is 1. The molecule has 0 bridgehead atoms. The fraction of sp³-hybridized carbons (Fsp3) is 0.450. The number of benzene rings is 1. The lowest BCUT2D eigenvalue weighted by molar-refractivity contribution is 0.405. The Balaban J connectivity index is 2.02. The van der Waals surface area contributed by atoms with E-state index >= 15 is 0 Å². The highest BCUT2D eigenvalue weighted by molar-refractivity contribution is 5.86. The summed E-state index contributed by atoms with van der Waals surface area (Å²) in [7, 11) is 4.13. The number of aryl methyl sites for hydroxylation is 2. The number of nitrogens with zero attached hydrogens (tertiary/aromatic N) is 5. The predicted octanol–water partition coefficient (Wildman–Crippen LogP) is 3.71. The van der Waals surface area contributed by atoms with Crippen LogP contribution in [0.2, 0.25) is 0 Å². The summed E-state index contributed by atoms with van der Waals surface area (Å²) < 4.78 is 15.4. The molecule has 3 rings (SSSR count). The molecule has 7 heteroatoms. The molecule has 0 unspecified atom stereocenters. The van der Waals surface area contributed by atoms with E-state index < -0.39 is 0 Å². The number of aromatic nitrogens is 4. The Labute approximate surface area is 159 Å². The minimum Gasteiger partial charge on any atom is -0.368 e. The van der Waals surface area contributed by atoms with E-state index in [-0.39, 0.29) is 5.82 Å². The van der Waals surface area contributed by atoms with Crippen LogP contribution in [0, 0.1) is 12.7 Å². The molecule has 0 spiro atoms. The van der Waals surface area contributed by atoms with Gasteiger partial charge in [0, 0.05) is 18.7 Å². The molecule has 6 nitrogen and oxygen atoms in total. The summed E-state index contributed by atoms with van der Waals surface area (Å²) in [5, 5.41) is 3.41. The molecule has 0 aliphatic rings. The topological polar surface area (TPSA) is 58.9 Å². The lowest BCUT2D eigenvalue weighted by Crippen LogP contribution is -2.17. The smallest absolute Gasteiger partial charge is 0.166 e. The lowest BCUT2D eigenvalue weighted by atomic mass is 10.2. The zero-order valence-electron chi connectivity index (χ0n) is 16.5. The number of rotatable bonds is 8. The van der Waals surface area contributed by atoms with Crippen LogP contribution in [0.15, 0.2) is 24.3 Å². The molecule has 1 aromatic carbocycles. The number of anilines is 1. The monoisotopic (exact) mass is 370 g/mol. The van der Waals surface area contributed by atoms with Gasteiger partial charge in [-0.05, 0) is 64.7 Å². The van der Waals surface area contributed by atoms with E-state index in [1.807, 2.05) is 6.92 Å². The summed E-state index contributed by atoms with van der Waals surface area (Å²) in [6.07, 6.45) is 1.96. The van der Waals surface area contributed by atoms with E-state index in [0.29, 0.717) is 5.82 Å². The number of nitrogens with one attached hydrogen (secondary N) is 1. The molecule has 0 radical (unpaired) electrons. The van der Waals surface area contributed by atoms with Crippen molar-refractivity contribution in [2.75, 3.05) is 32.5 Å². The molecule has 0 saturated heterocycles. The van der Waals surface area contributed by atoms with Gasteiger partial charge < -0.3 is 14.8 Å². The predicted molar refractivity (Wildman–Crippen MR) is 107 cm³/mol. The molecular formula is C20H27FN6. The first-order valence-electron chi connectivity index (χ1n) is 9.39. The highest BCUT2D eigenvalue weighted by Crippen LogP contribution is 2.28. The van der Waals surface area contributed by atoms with Crippen molar-refractivity contribution in [2.24, 2.45) is 0 Å². The largest absolute Gasteiger partial charge is 0.368 e. The lowest BCUT2D eigenvalue weighted by Gasteiger charge is -2.11. The number of halogens is 1. The Bertz CT molecular complexity index is 901. The third-order valence-corrected chi connectivity index (χ3v) is 4.33. The molecule has 27 heavy (non-hydrogen) atoms. The molecule has 0 aliphatic heterocycles. The molecule has 0 amide bonds. The number of hydrogen-bond acceptors (Lipinski definition) is 5. The van der Waals surface area contributed by atoms with E-state index in [9.17, 15) is 4.39 Å². The molecule has 3 aromatic rings. The van der Waals surface area contributed by atoms with Crippen LogP contribution in [0.4, 0.5) is 10.2 Å². The standard InChI is InChI=1S/C20H27FN6/c1-5-12-27-19(15-7-9-16(21)10-8-15)25-17-18(22-11-6-13-26(3)4)23-14(2)24-20(17)27/h7-10H,5-6,11-13H2,1-4H3,(H,22,23,24). The second-order valence-corrected chi connectivity index (χ2v) is 6.97. The van der Waals surface area contributed by atoms with Crippen molar-refractivity contribution < 1.29 is 4.39 Å². The molecular weight excluding hydrogens is 343 g/mol. The van der Waals surface area contributed by atoms with Crippen molar-refractivity contribution in [3.63, 3.8) is 0 Å². The zero-order chi connectivity index (χ0) is 19.4. The Kier molecular flexibility index (Phi) is 6.01. The van der Waals surface area contributed by atoms with E-state index in [0.717, 1.165) is 60.8 Å². The fourth-order valence-electron chi connectivity index (χ4n) is 3.09. The van der Waals surface area contributed by atoms with Gasteiger partial charge in [-0.2, -0.15) is 0 Å². The number of hydrogen-bond donors (Lipinski definition) is 1. The van der Waals surface area contributed by atoms with Gasteiger partial charge in [0.2, 0.25) is 0 Å². The van der Waals surface area contributed by atoms with Gasteiger partial charge in [-0.3, -0.25) is 0 Å². The van der Waals surface area contributed by atoms with Gasteiger partial charge in [0.15, 0.2) is 17.0 Å². The maximum absolute atomic E-state index is 13.3. The summed E-state index contributed by atoms with van der Waals surface area (Å²) >= 11 is 0. The third kappa shape index (κ3) is 4.42. The first-order chi connectivity index (χ1) is 13.0. The van der Waals surface area contributed by atoms with E-state index in [2.05, 4.69) is 45.8 Å². The number of imidazole rings is 1. The summed E-state index contributed by atoms with van der Waals surface area (Å²) in [5.41, 5.74) is 2.45. The second-order valence-electron chi connectivity index (χ2n) is 6.97. The van der Waals surface area contributed by atoms with Crippen molar-refractivity contribution in [1.29, 1.82) is 0 Å². The fourth-order valence-corrected chi connectivity index (χ4v) is 3.09. The van der Waals surface area contributed by atoms with Crippen LogP contribution >= 0.6 is 0 Å². The maximum Gasteiger partial charge on any atom is 0.166 e. The first kappa shape index (κ1) is 19.2. The summed E-state index contributed by atoms with van der Waals surface area (Å²) in [5.74, 6) is 2.01. The van der Waals surface area contributed by atoms with Gasteiger partial charge in [-0.15, -0.1) is 0 Å². The van der Waals surface area contributed by atoms with Gasteiger partial charge in [-0.1, -0.05) is 6.92 Å². The molecule has 2 aromatic heterocycles. The minimum atomic E-state index is -0.254. The summed E-state index contributed by atoms with van der Waals surface area (Å²) in [6.45, 7) is 6.63. The van der Waals surface area contributed by atoms with E-state index in [4.69, 9.17) is 4.98 Å². The van der Waals surface area contributed by atoms with Gasteiger partial charge in [0.25, 0.3) is 0 Å². The van der Waals surface area contributed by atoms with Crippen molar-refractivity contribution in [2.45, 2.75) is 33.2 Å². The van der Waals surface area contributed by atoms with Crippen molar-refractivity contribution in [1.82, 2.24) is 24.4 Å². The Morgan fingerprint density at radius 2 is 1.85 bits per heavy atom. The molecule has 144 valence electrons. The molecule has 2 heterocycles. The Morgan fingerprint density at radius 3 is 2.52 bits per heavy atom. The van der Waals surface area contributed by atoms with Crippen LogP contribution in [0.5, 0.6) is 0 Å². The van der Waals surface area contributed by atoms with E-state index in [1.54, 1.807) is 12.1 Å². The SMILES string of the molecule is CCCn1c(-c2ccc(F)cc2)nc2c(NCCCN(C)C)nc(C)nc21.